The molecule has 0 amide bonds. The van der Waals surface area contributed by atoms with Crippen LogP contribution in [0.3, 0.4) is 0 Å². The lowest BCUT2D eigenvalue weighted by Crippen LogP contribution is -1.94. The Labute approximate surface area is 124 Å². The Hall–Kier alpha value is -2.27. The number of carbonyl (C=O) groups excluding carboxylic acids is 1. The van der Waals surface area contributed by atoms with E-state index in [0.717, 1.165) is 0 Å². The zero-order valence-electron chi connectivity index (χ0n) is 10.3. The van der Waals surface area contributed by atoms with E-state index in [9.17, 15) is 14.9 Å². The van der Waals surface area contributed by atoms with E-state index in [0.29, 0.717) is 15.6 Å². The first-order chi connectivity index (χ1) is 9.58. The molecule has 0 fully saturated rings. The molecule has 0 saturated heterocycles. The summed E-state index contributed by atoms with van der Waals surface area (Å²) in [5, 5.41) is 10.6. The van der Waals surface area contributed by atoms with Crippen LogP contribution in [0.5, 0.6) is 0 Å². The Morgan fingerprint density at radius 1 is 1.00 bits per heavy atom. The molecule has 100 valence electrons. The molecule has 0 spiro atoms. The van der Waals surface area contributed by atoms with E-state index in [-0.39, 0.29) is 11.5 Å². The summed E-state index contributed by atoms with van der Waals surface area (Å²) in [5.41, 5.74) is 1.31. The largest absolute Gasteiger partial charge is 0.289 e. The number of ketones is 1. The molecule has 4 nitrogen and oxygen atoms in total. The maximum Gasteiger partial charge on any atom is 0.269 e. The molecule has 0 unspecified atom stereocenters. The van der Waals surface area contributed by atoms with Gasteiger partial charge < -0.3 is 0 Å². The van der Waals surface area contributed by atoms with Crippen LogP contribution in [0.2, 0.25) is 0 Å². The predicted molar refractivity (Wildman–Crippen MR) is 80.8 cm³/mol. The second-order valence-corrected chi connectivity index (χ2v) is 4.88. The number of non-ortho nitro benzene ring substituents is 1. The van der Waals surface area contributed by atoms with Gasteiger partial charge in [-0.15, -0.1) is 0 Å². The van der Waals surface area contributed by atoms with Crippen LogP contribution < -0.4 is 0 Å². The number of allylic oxidation sites excluding steroid dienone is 1. The van der Waals surface area contributed by atoms with E-state index < -0.39 is 4.92 Å². The second kappa shape index (κ2) is 6.25. The van der Waals surface area contributed by atoms with Crippen LogP contribution in [-0.2, 0) is 0 Å². The average Bonchev–Trinajstić information content (AvgIpc) is 2.48. The van der Waals surface area contributed by atoms with Crippen molar-refractivity contribution in [1.29, 1.82) is 0 Å². The average molecular weight is 332 g/mol. The fourth-order valence-corrected chi connectivity index (χ4v) is 2.10. The number of hydrogen-bond acceptors (Lipinski definition) is 3. The van der Waals surface area contributed by atoms with Crippen LogP contribution >= 0.6 is 15.9 Å². The van der Waals surface area contributed by atoms with Crippen molar-refractivity contribution < 1.29 is 9.72 Å². The summed E-state index contributed by atoms with van der Waals surface area (Å²) >= 11 is 3.32. The van der Waals surface area contributed by atoms with E-state index in [2.05, 4.69) is 15.9 Å². The number of nitrogens with zero attached hydrogens (tertiary/aromatic N) is 1. The van der Waals surface area contributed by atoms with E-state index in [1.807, 2.05) is 6.07 Å². The predicted octanol–water partition coefficient (Wildman–Crippen LogP) is 4.21. The number of nitro benzene ring substituents is 1. The zero-order chi connectivity index (χ0) is 14.5. The van der Waals surface area contributed by atoms with Gasteiger partial charge in [0, 0.05) is 28.3 Å². The Morgan fingerprint density at radius 3 is 2.15 bits per heavy atom. The lowest BCUT2D eigenvalue weighted by atomic mass is 10.1. The highest BCUT2D eigenvalue weighted by atomic mass is 79.9. The third kappa shape index (κ3) is 3.39. The lowest BCUT2D eigenvalue weighted by Gasteiger charge is -2.00. The second-order valence-electron chi connectivity index (χ2n) is 4.03. The zero-order valence-corrected chi connectivity index (χ0v) is 11.9. The van der Waals surface area contributed by atoms with Gasteiger partial charge in [0.1, 0.15) is 0 Å². The SMILES string of the molecule is O=C(/C=C(\Br)c1ccc([N+](=O)[O-])cc1)c1ccccc1. The van der Waals surface area contributed by atoms with Gasteiger partial charge in [-0.25, -0.2) is 0 Å². The molecule has 0 bridgehead atoms. The van der Waals surface area contributed by atoms with Gasteiger partial charge in [0.15, 0.2) is 5.78 Å². The van der Waals surface area contributed by atoms with E-state index in [1.54, 1.807) is 36.4 Å². The van der Waals surface area contributed by atoms with Crippen molar-refractivity contribution in [2.75, 3.05) is 0 Å². The van der Waals surface area contributed by atoms with Gasteiger partial charge in [0.05, 0.1) is 4.92 Å². The van der Waals surface area contributed by atoms with Gasteiger partial charge in [-0.1, -0.05) is 46.3 Å². The molecule has 2 aromatic rings. The molecule has 0 atom stereocenters. The van der Waals surface area contributed by atoms with Gasteiger partial charge >= 0.3 is 0 Å². The van der Waals surface area contributed by atoms with Gasteiger partial charge in [0.2, 0.25) is 0 Å². The minimum atomic E-state index is -0.462. The maximum absolute atomic E-state index is 12.0. The number of halogens is 1. The minimum Gasteiger partial charge on any atom is -0.289 e. The van der Waals surface area contributed by atoms with Crippen molar-refractivity contribution >= 4 is 31.9 Å². The third-order valence-corrected chi connectivity index (χ3v) is 3.36. The van der Waals surface area contributed by atoms with Crippen molar-refractivity contribution in [2.24, 2.45) is 0 Å². The van der Waals surface area contributed by atoms with Crippen LogP contribution in [0.4, 0.5) is 5.69 Å². The van der Waals surface area contributed by atoms with Crippen LogP contribution in [0.25, 0.3) is 4.48 Å². The molecule has 0 N–H and O–H groups in total. The van der Waals surface area contributed by atoms with E-state index in [1.165, 1.54) is 18.2 Å². The van der Waals surface area contributed by atoms with Crippen LogP contribution in [-0.4, -0.2) is 10.7 Å². The molecule has 2 aromatic carbocycles. The summed E-state index contributed by atoms with van der Waals surface area (Å²) < 4.78 is 0.584. The highest BCUT2D eigenvalue weighted by Crippen LogP contribution is 2.24. The number of rotatable bonds is 4. The molecule has 0 aliphatic rings. The van der Waals surface area contributed by atoms with Crippen molar-refractivity contribution in [3.05, 3.63) is 81.9 Å². The first-order valence-electron chi connectivity index (χ1n) is 5.79. The Morgan fingerprint density at radius 2 is 1.60 bits per heavy atom. The van der Waals surface area contributed by atoms with Crippen molar-refractivity contribution in [3.8, 4) is 0 Å². The molecule has 5 heteroatoms. The summed E-state index contributed by atoms with van der Waals surface area (Å²) in [5.74, 6) is -0.129. The third-order valence-electron chi connectivity index (χ3n) is 2.67. The molecule has 0 aliphatic carbocycles. The van der Waals surface area contributed by atoms with Gasteiger partial charge in [-0.2, -0.15) is 0 Å². The molecule has 0 aromatic heterocycles. The number of nitro groups is 1. The molecular formula is C15H10BrNO3. The minimum absolute atomic E-state index is 0.0171. The molecule has 0 heterocycles. The van der Waals surface area contributed by atoms with Crippen LogP contribution in [0.15, 0.2) is 60.7 Å². The summed E-state index contributed by atoms with van der Waals surface area (Å²) in [4.78, 5) is 22.1. The number of hydrogen-bond donors (Lipinski definition) is 0. The van der Waals surface area contributed by atoms with E-state index in [4.69, 9.17) is 0 Å². The first-order valence-corrected chi connectivity index (χ1v) is 6.58. The van der Waals surface area contributed by atoms with Gasteiger partial charge in [0.25, 0.3) is 5.69 Å². The fraction of sp³-hybridized carbons (Fsp3) is 0. The molecular weight excluding hydrogens is 322 g/mol. The van der Waals surface area contributed by atoms with Crippen LogP contribution in [0, 0.1) is 10.1 Å². The molecule has 20 heavy (non-hydrogen) atoms. The van der Waals surface area contributed by atoms with Crippen LogP contribution in [0.1, 0.15) is 15.9 Å². The molecule has 0 saturated carbocycles. The van der Waals surface area contributed by atoms with Crippen molar-refractivity contribution in [1.82, 2.24) is 0 Å². The lowest BCUT2D eigenvalue weighted by molar-refractivity contribution is -0.384. The monoisotopic (exact) mass is 331 g/mol. The molecule has 0 aliphatic heterocycles. The summed E-state index contributed by atoms with van der Waals surface area (Å²) in [6.45, 7) is 0. The fourth-order valence-electron chi connectivity index (χ4n) is 1.63. The van der Waals surface area contributed by atoms with E-state index >= 15 is 0 Å². The normalized spacial score (nSPS) is 11.2. The smallest absolute Gasteiger partial charge is 0.269 e. The summed E-state index contributed by atoms with van der Waals surface area (Å²) in [7, 11) is 0. The van der Waals surface area contributed by atoms with Gasteiger partial charge in [-0.3, -0.25) is 14.9 Å². The maximum atomic E-state index is 12.0. The Kier molecular flexibility index (Phi) is 4.42. The first kappa shape index (κ1) is 14.1. The highest BCUT2D eigenvalue weighted by molar-refractivity contribution is 9.15. The molecule has 2 rings (SSSR count). The topological polar surface area (TPSA) is 60.2 Å². The number of carbonyl (C=O) groups is 1. The summed E-state index contributed by atoms with van der Waals surface area (Å²) in [6, 6.07) is 14.9. The molecule has 0 radical (unpaired) electrons. The van der Waals surface area contributed by atoms with Crippen molar-refractivity contribution in [2.45, 2.75) is 0 Å². The Balaban J connectivity index is 2.22. The van der Waals surface area contributed by atoms with Gasteiger partial charge in [-0.05, 0) is 17.7 Å². The Bertz CT molecular complexity index is 663. The summed E-state index contributed by atoms with van der Waals surface area (Å²) in [6.07, 6.45) is 1.45. The van der Waals surface area contributed by atoms with Crippen molar-refractivity contribution in [3.63, 3.8) is 0 Å². The highest BCUT2D eigenvalue weighted by Gasteiger charge is 2.07. The quantitative estimate of drug-likeness (QED) is 0.365. The standard InChI is InChI=1S/C15H10BrNO3/c16-14(10-15(18)12-4-2-1-3-5-12)11-6-8-13(9-7-11)17(19)20/h1-10H/b14-10-. The number of benzene rings is 2.